The Kier molecular flexibility index (Phi) is 6.89. The van der Waals surface area contributed by atoms with E-state index in [2.05, 4.69) is 10.6 Å². The van der Waals surface area contributed by atoms with Crippen LogP contribution in [-0.2, 0) is 5.54 Å². The Hall–Kier alpha value is -5.51. The predicted molar refractivity (Wildman–Crippen MR) is 158 cm³/mol. The Morgan fingerprint density at radius 2 is 1.65 bits per heavy atom. The Morgan fingerprint density at radius 3 is 2.28 bits per heavy atom. The van der Waals surface area contributed by atoms with Gasteiger partial charge in [0.2, 0.25) is 0 Å². The van der Waals surface area contributed by atoms with Crippen molar-refractivity contribution in [1.82, 2.24) is 10.6 Å². The number of amides is 2. The summed E-state index contributed by atoms with van der Waals surface area (Å²) in [5, 5.41) is 18.3. The Bertz CT molecular complexity index is 1900. The minimum absolute atomic E-state index is 0.110. The fourth-order valence-corrected chi connectivity index (χ4v) is 5.38. The molecule has 1 aliphatic carbocycles. The highest BCUT2D eigenvalue weighted by atomic mass is 19.1. The molecule has 9 nitrogen and oxygen atoms in total. The number of fused-ring (bicyclic) bond motifs is 1. The van der Waals surface area contributed by atoms with Crippen LogP contribution in [0.3, 0.4) is 0 Å². The quantitative estimate of drug-likeness (QED) is 0.158. The zero-order valence-corrected chi connectivity index (χ0v) is 23.3. The SMILES string of the molecule is CNC(=O)c1c(-c2ccc(F)cc2)oc2cc([N+](=O)[O-])c(-c3ccc(OC)c(C(=O)NC4(c5ccccc5)CC4)c3)cc12. The predicted octanol–water partition coefficient (Wildman–Crippen LogP) is 6.60. The molecule has 2 N–H and O–H groups in total. The van der Waals surface area contributed by atoms with Crippen molar-refractivity contribution in [2.75, 3.05) is 14.2 Å². The molecule has 0 radical (unpaired) electrons. The Labute approximate surface area is 245 Å². The van der Waals surface area contributed by atoms with Crippen LogP contribution in [0.5, 0.6) is 5.75 Å². The molecule has 6 rings (SSSR count). The number of hydrogen-bond donors (Lipinski definition) is 2. The molecule has 0 spiro atoms. The second kappa shape index (κ2) is 10.7. The smallest absolute Gasteiger partial charge is 0.280 e. The lowest BCUT2D eigenvalue weighted by Gasteiger charge is -2.19. The van der Waals surface area contributed by atoms with E-state index >= 15 is 0 Å². The summed E-state index contributed by atoms with van der Waals surface area (Å²) in [6, 6.07) is 22.6. The van der Waals surface area contributed by atoms with Crippen molar-refractivity contribution < 1.29 is 28.1 Å². The largest absolute Gasteiger partial charge is 0.496 e. The van der Waals surface area contributed by atoms with Gasteiger partial charge in [-0.05, 0) is 66.4 Å². The molecule has 0 atom stereocenters. The van der Waals surface area contributed by atoms with E-state index in [1.807, 2.05) is 30.3 Å². The van der Waals surface area contributed by atoms with E-state index in [-0.39, 0.29) is 39.6 Å². The molecular formula is C33H26FN3O6. The Morgan fingerprint density at radius 1 is 0.953 bits per heavy atom. The van der Waals surface area contributed by atoms with Crippen molar-refractivity contribution in [3.63, 3.8) is 0 Å². The first-order chi connectivity index (χ1) is 20.7. The summed E-state index contributed by atoms with van der Waals surface area (Å²) in [6.07, 6.45) is 1.57. The van der Waals surface area contributed by atoms with Crippen LogP contribution in [0.1, 0.15) is 39.1 Å². The minimum atomic E-state index is -0.549. The number of benzene rings is 4. The monoisotopic (exact) mass is 579 g/mol. The highest BCUT2D eigenvalue weighted by molar-refractivity contribution is 6.12. The zero-order valence-electron chi connectivity index (χ0n) is 23.3. The summed E-state index contributed by atoms with van der Waals surface area (Å²) in [6.45, 7) is 0. The van der Waals surface area contributed by atoms with Crippen molar-refractivity contribution in [2.24, 2.45) is 0 Å². The first-order valence-electron chi connectivity index (χ1n) is 13.5. The number of carbonyl (C=O) groups is 2. The molecule has 216 valence electrons. The lowest BCUT2D eigenvalue weighted by atomic mass is 9.96. The summed E-state index contributed by atoms with van der Waals surface area (Å²) in [5.41, 5.74) is 1.67. The zero-order chi connectivity index (χ0) is 30.3. The van der Waals surface area contributed by atoms with Gasteiger partial charge in [-0.15, -0.1) is 0 Å². The van der Waals surface area contributed by atoms with Crippen LogP contribution in [0.25, 0.3) is 33.4 Å². The highest BCUT2D eigenvalue weighted by Crippen LogP contribution is 2.46. The van der Waals surface area contributed by atoms with Crippen LogP contribution in [0.4, 0.5) is 10.1 Å². The fourth-order valence-electron chi connectivity index (χ4n) is 5.38. The second-order valence-electron chi connectivity index (χ2n) is 10.3. The van der Waals surface area contributed by atoms with Crippen LogP contribution >= 0.6 is 0 Å². The first kappa shape index (κ1) is 27.6. The summed E-state index contributed by atoms with van der Waals surface area (Å²) in [4.78, 5) is 38.4. The van der Waals surface area contributed by atoms with Crippen LogP contribution in [0.15, 0.2) is 89.3 Å². The van der Waals surface area contributed by atoms with Crippen LogP contribution in [0.2, 0.25) is 0 Å². The molecule has 0 aliphatic heterocycles. The normalized spacial score (nSPS) is 13.4. The standard InChI is InChI=1S/C33H26FN3O6/c1-35-32(39)29-24-17-23(26(37(40)41)18-28(24)43-30(29)19-8-11-22(34)12-9-19)20-10-13-27(42-2)25(16-20)31(38)36-33(14-15-33)21-6-4-3-5-7-21/h3-13,16-18H,14-15H2,1-2H3,(H,35,39)(H,36,38). The van der Waals surface area contributed by atoms with Gasteiger partial charge < -0.3 is 19.8 Å². The molecule has 4 aromatic carbocycles. The maximum Gasteiger partial charge on any atom is 0.280 e. The number of carbonyl (C=O) groups excluding carboxylic acids is 2. The molecule has 10 heteroatoms. The molecular weight excluding hydrogens is 553 g/mol. The van der Waals surface area contributed by atoms with E-state index in [0.29, 0.717) is 22.3 Å². The van der Waals surface area contributed by atoms with Gasteiger partial charge >= 0.3 is 0 Å². The van der Waals surface area contributed by atoms with E-state index in [9.17, 15) is 24.1 Å². The minimum Gasteiger partial charge on any atom is -0.496 e. The molecule has 2 amide bonds. The molecule has 1 aromatic heterocycles. The maximum absolute atomic E-state index is 13.6. The van der Waals surface area contributed by atoms with Crippen molar-refractivity contribution in [2.45, 2.75) is 18.4 Å². The number of rotatable bonds is 8. The number of methoxy groups -OCH3 is 1. The van der Waals surface area contributed by atoms with E-state index < -0.39 is 22.2 Å². The lowest BCUT2D eigenvalue weighted by molar-refractivity contribution is -0.384. The van der Waals surface area contributed by atoms with Gasteiger partial charge in [-0.2, -0.15) is 0 Å². The molecule has 0 saturated heterocycles. The van der Waals surface area contributed by atoms with E-state index in [0.717, 1.165) is 18.4 Å². The number of nitrogens with one attached hydrogen (secondary N) is 2. The topological polar surface area (TPSA) is 124 Å². The maximum atomic E-state index is 13.6. The van der Waals surface area contributed by atoms with Crippen LogP contribution < -0.4 is 15.4 Å². The van der Waals surface area contributed by atoms with Gasteiger partial charge in [-0.25, -0.2) is 4.39 Å². The molecule has 1 saturated carbocycles. The van der Waals surface area contributed by atoms with Crippen molar-refractivity contribution >= 4 is 28.5 Å². The molecule has 1 fully saturated rings. The number of nitro groups is 1. The van der Waals surface area contributed by atoms with Gasteiger partial charge in [0, 0.05) is 18.0 Å². The van der Waals surface area contributed by atoms with E-state index in [1.165, 1.54) is 50.6 Å². The van der Waals surface area contributed by atoms with Gasteiger partial charge in [0.1, 0.15) is 22.9 Å². The number of nitro benzene ring substituents is 1. The van der Waals surface area contributed by atoms with Gasteiger partial charge in [-0.3, -0.25) is 19.7 Å². The molecule has 1 heterocycles. The average Bonchev–Trinajstić information content (AvgIpc) is 3.71. The van der Waals surface area contributed by atoms with E-state index in [1.54, 1.807) is 18.2 Å². The molecule has 5 aromatic rings. The van der Waals surface area contributed by atoms with Crippen LogP contribution in [-0.4, -0.2) is 30.9 Å². The van der Waals surface area contributed by atoms with Gasteiger partial charge in [0.05, 0.1) is 40.3 Å². The van der Waals surface area contributed by atoms with Crippen LogP contribution in [0, 0.1) is 15.9 Å². The molecule has 0 bridgehead atoms. The summed E-state index contributed by atoms with van der Waals surface area (Å²) < 4.78 is 25.1. The second-order valence-corrected chi connectivity index (χ2v) is 10.3. The van der Waals surface area contributed by atoms with Crippen molar-refractivity contribution in [3.8, 4) is 28.2 Å². The number of halogens is 1. The fraction of sp³-hybridized carbons (Fsp3) is 0.152. The van der Waals surface area contributed by atoms with E-state index in [4.69, 9.17) is 9.15 Å². The third kappa shape index (κ3) is 4.97. The van der Waals surface area contributed by atoms with Gasteiger partial charge in [0.15, 0.2) is 0 Å². The lowest BCUT2D eigenvalue weighted by Crippen LogP contribution is -2.35. The van der Waals surface area contributed by atoms with Crippen molar-refractivity contribution in [3.05, 3.63) is 118 Å². The summed E-state index contributed by atoms with van der Waals surface area (Å²) >= 11 is 0. The average molecular weight is 580 g/mol. The number of ether oxygens (including phenoxy) is 1. The summed E-state index contributed by atoms with van der Waals surface area (Å²) in [5.74, 6) is -0.872. The molecule has 0 unspecified atom stereocenters. The molecule has 43 heavy (non-hydrogen) atoms. The summed E-state index contributed by atoms with van der Waals surface area (Å²) in [7, 11) is 2.90. The van der Waals surface area contributed by atoms with Crippen molar-refractivity contribution in [1.29, 1.82) is 0 Å². The number of furan rings is 1. The third-order valence-electron chi connectivity index (χ3n) is 7.75. The third-order valence-corrected chi connectivity index (χ3v) is 7.75. The Balaban J connectivity index is 1.48. The highest BCUT2D eigenvalue weighted by Gasteiger charge is 2.46. The first-order valence-corrected chi connectivity index (χ1v) is 13.5. The number of hydrogen-bond acceptors (Lipinski definition) is 6. The molecule has 1 aliphatic rings. The van der Waals surface area contributed by atoms with Gasteiger partial charge in [-0.1, -0.05) is 36.4 Å². The van der Waals surface area contributed by atoms with Gasteiger partial charge in [0.25, 0.3) is 17.5 Å². The number of nitrogens with zero attached hydrogens (tertiary/aromatic N) is 1.